The van der Waals surface area contributed by atoms with E-state index in [1.54, 1.807) is 6.07 Å². The van der Waals surface area contributed by atoms with E-state index >= 15 is 0 Å². The Morgan fingerprint density at radius 3 is 2.29 bits per heavy atom. The molecule has 3 aromatic carbocycles. The zero-order valence-corrected chi connectivity index (χ0v) is 22.9. The molecule has 2 aromatic heterocycles. The number of carbonyl (C=O) groups excluding carboxylic acids is 2. The van der Waals surface area contributed by atoms with Gasteiger partial charge in [0.05, 0.1) is 11.6 Å². The van der Waals surface area contributed by atoms with Crippen LogP contribution in [-0.4, -0.2) is 22.6 Å². The monoisotopic (exact) mass is 543 g/mol. The number of para-hydroxylation sites is 1. The summed E-state index contributed by atoms with van der Waals surface area (Å²) in [5.41, 5.74) is 8.09. The highest BCUT2D eigenvalue weighted by Crippen LogP contribution is 2.32. The van der Waals surface area contributed by atoms with Gasteiger partial charge in [0, 0.05) is 28.6 Å². The van der Waals surface area contributed by atoms with E-state index in [9.17, 15) is 9.59 Å². The van der Waals surface area contributed by atoms with E-state index in [0.29, 0.717) is 41.1 Å². The van der Waals surface area contributed by atoms with E-state index in [1.807, 2.05) is 98.8 Å². The number of benzene rings is 3. The zero-order valence-electron chi connectivity index (χ0n) is 22.9. The average molecular weight is 544 g/mol. The molecule has 1 N–H and O–H groups in total. The number of nitrogens with zero attached hydrogens (tertiary/aromatic N) is 2. The first-order valence-electron chi connectivity index (χ1n) is 13.7. The minimum absolute atomic E-state index is 0.132. The fraction of sp³-hybridized carbons (Fsp3) is 0.176. The van der Waals surface area contributed by atoms with Gasteiger partial charge in [0.25, 0.3) is 5.91 Å². The minimum atomic E-state index is -0.593. The molecular formula is C34H29N3O4. The Bertz CT molecular complexity index is 1740. The van der Waals surface area contributed by atoms with Gasteiger partial charge in [-0.25, -0.2) is 15.2 Å². The number of pyridine rings is 1. The van der Waals surface area contributed by atoms with Crippen molar-refractivity contribution in [2.75, 3.05) is 0 Å². The van der Waals surface area contributed by atoms with Gasteiger partial charge in [0.2, 0.25) is 5.76 Å². The molecule has 7 nitrogen and oxygen atoms in total. The Hall–Kier alpha value is -5.04. The van der Waals surface area contributed by atoms with Crippen LogP contribution in [0.2, 0.25) is 0 Å². The van der Waals surface area contributed by atoms with Crippen molar-refractivity contribution >= 4 is 28.5 Å². The summed E-state index contributed by atoms with van der Waals surface area (Å²) in [4.78, 5) is 31.4. The molecule has 0 fully saturated rings. The number of esters is 1. The van der Waals surface area contributed by atoms with Gasteiger partial charge in [0.15, 0.2) is 5.75 Å². The van der Waals surface area contributed by atoms with Crippen molar-refractivity contribution < 1.29 is 18.7 Å². The molecule has 0 saturated carbocycles. The Kier molecular flexibility index (Phi) is 7.17. The lowest BCUT2D eigenvalue weighted by Gasteiger charge is -2.18. The number of aryl methyl sites for hydroxylation is 2. The van der Waals surface area contributed by atoms with Gasteiger partial charge in [-0.05, 0) is 49.9 Å². The maximum atomic E-state index is 13.5. The van der Waals surface area contributed by atoms with E-state index in [1.165, 1.54) is 0 Å². The second-order valence-corrected chi connectivity index (χ2v) is 10.2. The summed E-state index contributed by atoms with van der Waals surface area (Å²) in [6, 6.07) is 28.6. The second kappa shape index (κ2) is 11.2. The third-order valence-corrected chi connectivity index (χ3v) is 7.37. The van der Waals surface area contributed by atoms with Gasteiger partial charge in [-0.2, -0.15) is 5.10 Å². The number of nitrogens with one attached hydrogen (secondary N) is 1. The first-order valence-corrected chi connectivity index (χ1v) is 13.7. The van der Waals surface area contributed by atoms with E-state index < -0.39 is 11.9 Å². The third-order valence-electron chi connectivity index (χ3n) is 7.37. The minimum Gasteiger partial charge on any atom is -0.453 e. The molecule has 1 amide bonds. The SMILES string of the molecule is Cc1ccc2cccc(OC(=O)c3oc4c(c3C)/C(=N/NC(=O)C(c3ccccc3)c3ccccc3)CCC4)c2n1. The predicted octanol–water partition coefficient (Wildman–Crippen LogP) is 6.65. The first kappa shape index (κ1) is 26.2. The lowest BCUT2D eigenvalue weighted by Crippen LogP contribution is -2.28. The fourth-order valence-corrected chi connectivity index (χ4v) is 5.39. The molecule has 1 aliphatic rings. The molecule has 41 heavy (non-hydrogen) atoms. The average Bonchev–Trinajstić information content (AvgIpc) is 3.34. The lowest BCUT2D eigenvalue weighted by atomic mass is 9.91. The number of aromatic nitrogens is 1. The van der Waals surface area contributed by atoms with Gasteiger partial charge < -0.3 is 9.15 Å². The summed E-state index contributed by atoms with van der Waals surface area (Å²) < 4.78 is 11.8. The summed E-state index contributed by atoms with van der Waals surface area (Å²) in [5, 5.41) is 5.44. The molecule has 0 spiro atoms. The van der Waals surface area contributed by atoms with E-state index in [0.717, 1.165) is 34.2 Å². The van der Waals surface area contributed by atoms with Gasteiger partial charge in [-0.15, -0.1) is 0 Å². The predicted molar refractivity (Wildman–Crippen MR) is 157 cm³/mol. The van der Waals surface area contributed by atoms with Gasteiger partial charge in [-0.3, -0.25) is 4.79 Å². The Balaban J connectivity index is 1.27. The number of amides is 1. The number of hydrogen-bond donors (Lipinski definition) is 1. The van der Waals surface area contributed by atoms with Crippen molar-refractivity contribution in [3.8, 4) is 5.75 Å². The molecule has 0 radical (unpaired) electrons. The summed E-state index contributed by atoms with van der Waals surface area (Å²) >= 11 is 0. The van der Waals surface area contributed by atoms with Crippen molar-refractivity contribution in [3.05, 3.63) is 130 Å². The summed E-state index contributed by atoms with van der Waals surface area (Å²) in [6.07, 6.45) is 2.11. The molecular weight excluding hydrogens is 514 g/mol. The number of hydrogen-bond acceptors (Lipinski definition) is 6. The Labute approximate surface area is 237 Å². The van der Waals surface area contributed by atoms with Gasteiger partial charge in [-0.1, -0.05) is 78.9 Å². The molecule has 0 saturated heterocycles. The van der Waals surface area contributed by atoms with Crippen LogP contribution in [0, 0.1) is 13.8 Å². The van der Waals surface area contributed by atoms with Crippen molar-refractivity contribution in [1.29, 1.82) is 0 Å². The maximum absolute atomic E-state index is 13.5. The van der Waals surface area contributed by atoms with Crippen LogP contribution < -0.4 is 10.2 Å². The van der Waals surface area contributed by atoms with Gasteiger partial charge >= 0.3 is 5.97 Å². The van der Waals surface area contributed by atoms with Crippen molar-refractivity contribution in [2.45, 2.75) is 39.0 Å². The number of rotatable bonds is 6. The fourth-order valence-electron chi connectivity index (χ4n) is 5.39. The number of hydrazone groups is 1. The van der Waals surface area contributed by atoms with Crippen LogP contribution in [0.3, 0.4) is 0 Å². The van der Waals surface area contributed by atoms with Crippen molar-refractivity contribution in [3.63, 3.8) is 0 Å². The lowest BCUT2D eigenvalue weighted by molar-refractivity contribution is -0.121. The number of ether oxygens (including phenoxy) is 1. The first-order chi connectivity index (χ1) is 20.0. The molecule has 2 heterocycles. The van der Waals surface area contributed by atoms with Crippen LogP contribution in [0.15, 0.2) is 101 Å². The van der Waals surface area contributed by atoms with Crippen molar-refractivity contribution in [1.82, 2.24) is 10.4 Å². The van der Waals surface area contributed by atoms with Gasteiger partial charge in [0.1, 0.15) is 11.3 Å². The quantitative estimate of drug-likeness (QED) is 0.147. The molecule has 7 heteroatoms. The molecule has 0 atom stereocenters. The van der Waals surface area contributed by atoms with E-state index in [2.05, 4.69) is 15.5 Å². The molecule has 6 rings (SSSR count). The Morgan fingerprint density at radius 1 is 0.878 bits per heavy atom. The van der Waals surface area contributed by atoms with Crippen LogP contribution in [0.5, 0.6) is 5.75 Å². The summed E-state index contributed by atoms with van der Waals surface area (Å²) in [5.74, 6) is -0.168. The Morgan fingerprint density at radius 2 is 1.59 bits per heavy atom. The molecule has 5 aromatic rings. The van der Waals surface area contributed by atoms with E-state index in [4.69, 9.17) is 9.15 Å². The summed E-state index contributed by atoms with van der Waals surface area (Å²) in [7, 11) is 0. The van der Waals surface area contributed by atoms with Crippen LogP contribution >= 0.6 is 0 Å². The highest BCUT2D eigenvalue weighted by atomic mass is 16.5. The molecule has 0 aliphatic heterocycles. The normalized spacial score (nSPS) is 13.8. The van der Waals surface area contributed by atoms with Crippen LogP contribution in [-0.2, 0) is 11.2 Å². The number of fused-ring (bicyclic) bond motifs is 2. The highest BCUT2D eigenvalue weighted by molar-refractivity contribution is 6.06. The molecule has 0 bridgehead atoms. The summed E-state index contributed by atoms with van der Waals surface area (Å²) in [6.45, 7) is 3.72. The highest BCUT2D eigenvalue weighted by Gasteiger charge is 2.30. The van der Waals surface area contributed by atoms with E-state index in [-0.39, 0.29) is 11.7 Å². The van der Waals surface area contributed by atoms with Crippen LogP contribution in [0.1, 0.15) is 63.0 Å². The largest absolute Gasteiger partial charge is 0.453 e. The van der Waals surface area contributed by atoms with Crippen LogP contribution in [0.25, 0.3) is 10.9 Å². The smallest absolute Gasteiger partial charge is 0.380 e. The van der Waals surface area contributed by atoms with Crippen molar-refractivity contribution in [2.24, 2.45) is 5.10 Å². The zero-order chi connectivity index (χ0) is 28.3. The molecule has 0 unspecified atom stereocenters. The third kappa shape index (κ3) is 5.26. The van der Waals surface area contributed by atoms with Crippen LogP contribution in [0.4, 0.5) is 0 Å². The topological polar surface area (TPSA) is 93.8 Å². The standard InChI is InChI=1S/C34H29N3O4/c1-21-19-20-25-15-9-18-28(31(25)35-21)41-34(39)32-22(2)29-26(16-10-17-27(29)40-32)36-37-33(38)30(23-11-5-3-6-12-23)24-13-7-4-8-14-24/h3-9,11-15,18-20,30H,10,16-17H2,1-2H3,(H,37,38)/b36-26+. The number of carbonyl (C=O) groups is 2. The molecule has 204 valence electrons. The second-order valence-electron chi connectivity index (χ2n) is 10.2. The molecule has 1 aliphatic carbocycles. The number of furan rings is 1. The maximum Gasteiger partial charge on any atom is 0.380 e.